The van der Waals surface area contributed by atoms with E-state index in [1.54, 1.807) is 17.1 Å². The number of alkyl halides is 1. The fourth-order valence-electron chi connectivity index (χ4n) is 3.12. The van der Waals surface area contributed by atoms with Gasteiger partial charge >= 0.3 is 0 Å². The van der Waals surface area contributed by atoms with Crippen LogP contribution in [0.2, 0.25) is 0 Å². The van der Waals surface area contributed by atoms with Gasteiger partial charge in [0.25, 0.3) is 5.91 Å². The van der Waals surface area contributed by atoms with Crippen LogP contribution < -0.4 is 10.2 Å². The monoisotopic (exact) mass is 344 g/mol. The van der Waals surface area contributed by atoms with Crippen molar-refractivity contribution in [1.82, 2.24) is 25.1 Å². The normalized spacial score (nSPS) is 19.7. The first-order chi connectivity index (χ1) is 12.0. The SMILES string of the molecule is Cc1cnn(-c2ncncc2N2CCC(F)(C(=O)NC3CC3)CC2)c1. The predicted octanol–water partition coefficient (Wildman–Crippen LogP) is 1.56. The van der Waals surface area contributed by atoms with E-state index >= 15 is 0 Å². The van der Waals surface area contributed by atoms with Crippen molar-refractivity contribution < 1.29 is 9.18 Å². The standard InChI is InChI=1S/C17H21FN6O/c1-12-8-21-24(10-12)15-14(9-19-11-20-15)23-6-4-17(18,5-7-23)16(25)22-13-2-3-13/h8-11,13H,2-7H2,1H3,(H,22,25). The van der Waals surface area contributed by atoms with Crippen molar-refractivity contribution in [2.24, 2.45) is 0 Å². The van der Waals surface area contributed by atoms with Crippen LogP contribution in [0.15, 0.2) is 24.9 Å². The van der Waals surface area contributed by atoms with E-state index in [0.717, 1.165) is 24.1 Å². The van der Waals surface area contributed by atoms with E-state index in [0.29, 0.717) is 18.9 Å². The average molecular weight is 344 g/mol. The molecule has 8 heteroatoms. The minimum absolute atomic E-state index is 0.165. The molecule has 0 unspecified atom stereocenters. The number of aromatic nitrogens is 4. The van der Waals surface area contributed by atoms with Crippen LogP contribution in [-0.2, 0) is 4.79 Å². The summed E-state index contributed by atoms with van der Waals surface area (Å²) >= 11 is 0. The quantitative estimate of drug-likeness (QED) is 0.911. The van der Waals surface area contributed by atoms with Gasteiger partial charge in [-0.3, -0.25) is 4.79 Å². The van der Waals surface area contributed by atoms with Crippen molar-refractivity contribution in [3.63, 3.8) is 0 Å². The number of hydrogen-bond donors (Lipinski definition) is 1. The molecule has 1 saturated heterocycles. The van der Waals surface area contributed by atoms with Crippen molar-refractivity contribution in [1.29, 1.82) is 0 Å². The van der Waals surface area contributed by atoms with Crippen LogP contribution >= 0.6 is 0 Å². The first kappa shape index (κ1) is 16.0. The van der Waals surface area contributed by atoms with Gasteiger partial charge in [-0.2, -0.15) is 5.10 Å². The van der Waals surface area contributed by atoms with E-state index < -0.39 is 11.6 Å². The second-order valence-electron chi connectivity index (χ2n) is 6.89. The topological polar surface area (TPSA) is 75.9 Å². The van der Waals surface area contributed by atoms with Gasteiger partial charge in [-0.15, -0.1) is 0 Å². The molecule has 25 heavy (non-hydrogen) atoms. The van der Waals surface area contributed by atoms with Gasteiger partial charge in [0.2, 0.25) is 0 Å². The van der Waals surface area contributed by atoms with Crippen LogP contribution in [0.3, 0.4) is 0 Å². The fourth-order valence-corrected chi connectivity index (χ4v) is 3.12. The van der Waals surface area contributed by atoms with Gasteiger partial charge in [-0.1, -0.05) is 0 Å². The first-order valence-electron chi connectivity index (χ1n) is 8.62. The largest absolute Gasteiger partial charge is 0.367 e. The highest BCUT2D eigenvalue weighted by atomic mass is 19.1. The fraction of sp³-hybridized carbons (Fsp3) is 0.529. The lowest BCUT2D eigenvalue weighted by Crippen LogP contribution is -2.51. The molecule has 2 fully saturated rings. The summed E-state index contributed by atoms with van der Waals surface area (Å²) in [5.74, 6) is 0.207. The van der Waals surface area contributed by atoms with Gasteiger partial charge in [0.1, 0.15) is 12.0 Å². The Morgan fingerprint density at radius 1 is 1.32 bits per heavy atom. The number of carbonyl (C=O) groups excluding carboxylic acids is 1. The summed E-state index contributed by atoms with van der Waals surface area (Å²) < 4.78 is 16.7. The maximum Gasteiger partial charge on any atom is 0.258 e. The van der Waals surface area contributed by atoms with E-state index in [1.165, 1.54) is 6.33 Å². The van der Waals surface area contributed by atoms with E-state index in [2.05, 4.69) is 20.4 Å². The number of piperidine rings is 1. The number of anilines is 1. The van der Waals surface area contributed by atoms with Crippen LogP contribution in [0.4, 0.5) is 10.1 Å². The smallest absolute Gasteiger partial charge is 0.258 e. The molecule has 132 valence electrons. The van der Waals surface area contributed by atoms with E-state index in [1.807, 2.05) is 18.0 Å². The lowest BCUT2D eigenvalue weighted by Gasteiger charge is -2.36. The molecule has 4 rings (SSSR count). The zero-order valence-electron chi connectivity index (χ0n) is 14.2. The molecule has 0 aromatic carbocycles. The van der Waals surface area contributed by atoms with Crippen LogP contribution in [-0.4, -0.2) is 50.5 Å². The minimum Gasteiger partial charge on any atom is -0.367 e. The van der Waals surface area contributed by atoms with Crippen LogP contribution in [0, 0.1) is 6.92 Å². The molecule has 1 aliphatic carbocycles. The molecule has 1 aliphatic heterocycles. The zero-order chi connectivity index (χ0) is 17.4. The summed E-state index contributed by atoms with van der Waals surface area (Å²) in [5.41, 5.74) is 0.0509. The number of rotatable bonds is 4. The number of halogens is 1. The molecule has 2 aromatic heterocycles. The third kappa shape index (κ3) is 3.20. The number of nitrogens with one attached hydrogen (secondary N) is 1. The van der Waals surface area contributed by atoms with Crippen molar-refractivity contribution in [3.8, 4) is 5.82 Å². The number of nitrogens with zero attached hydrogens (tertiary/aromatic N) is 5. The maximum atomic E-state index is 15.0. The van der Waals surface area contributed by atoms with Crippen molar-refractivity contribution in [3.05, 3.63) is 30.5 Å². The Hall–Kier alpha value is -2.51. The molecular weight excluding hydrogens is 323 g/mol. The second kappa shape index (κ2) is 6.09. The molecular formula is C17H21FN6O. The Kier molecular flexibility index (Phi) is 3.89. The molecule has 2 aliphatic rings. The number of hydrogen-bond acceptors (Lipinski definition) is 5. The zero-order valence-corrected chi connectivity index (χ0v) is 14.2. The lowest BCUT2D eigenvalue weighted by molar-refractivity contribution is -0.134. The second-order valence-corrected chi connectivity index (χ2v) is 6.89. The van der Waals surface area contributed by atoms with Crippen LogP contribution in [0.1, 0.15) is 31.2 Å². The molecule has 7 nitrogen and oxygen atoms in total. The van der Waals surface area contributed by atoms with E-state index in [9.17, 15) is 9.18 Å². The minimum atomic E-state index is -1.78. The summed E-state index contributed by atoms with van der Waals surface area (Å²) in [5, 5.41) is 7.09. The van der Waals surface area contributed by atoms with Crippen LogP contribution in [0.5, 0.6) is 0 Å². The molecule has 0 atom stereocenters. The third-order valence-electron chi connectivity index (χ3n) is 4.82. The summed E-state index contributed by atoms with van der Waals surface area (Å²) in [6, 6.07) is 0.176. The molecule has 1 amide bonds. The number of amides is 1. The lowest BCUT2D eigenvalue weighted by atomic mass is 9.92. The van der Waals surface area contributed by atoms with Crippen molar-refractivity contribution in [2.45, 2.75) is 44.3 Å². The van der Waals surface area contributed by atoms with Gasteiger partial charge < -0.3 is 10.2 Å². The van der Waals surface area contributed by atoms with E-state index in [-0.39, 0.29) is 18.9 Å². The van der Waals surface area contributed by atoms with Crippen LogP contribution in [0.25, 0.3) is 5.82 Å². The summed E-state index contributed by atoms with van der Waals surface area (Å²) in [4.78, 5) is 22.6. The Balaban J connectivity index is 1.50. The van der Waals surface area contributed by atoms with Gasteiger partial charge in [0.05, 0.1) is 12.4 Å². The summed E-state index contributed by atoms with van der Waals surface area (Å²) in [7, 11) is 0. The summed E-state index contributed by atoms with van der Waals surface area (Å²) in [6.07, 6.45) is 9.09. The Morgan fingerprint density at radius 2 is 2.08 bits per heavy atom. The highest BCUT2D eigenvalue weighted by Gasteiger charge is 2.43. The average Bonchev–Trinajstić information content (AvgIpc) is 3.33. The molecule has 2 aromatic rings. The van der Waals surface area contributed by atoms with Gasteiger partial charge in [-0.05, 0) is 25.3 Å². The molecule has 1 saturated carbocycles. The van der Waals surface area contributed by atoms with Gasteiger partial charge in [0.15, 0.2) is 11.5 Å². The molecule has 0 bridgehead atoms. The van der Waals surface area contributed by atoms with Crippen molar-refractivity contribution in [2.75, 3.05) is 18.0 Å². The highest BCUT2D eigenvalue weighted by Crippen LogP contribution is 2.32. The highest BCUT2D eigenvalue weighted by molar-refractivity contribution is 5.86. The third-order valence-corrected chi connectivity index (χ3v) is 4.82. The molecule has 0 radical (unpaired) electrons. The van der Waals surface area contributed by atoms with E-state index in [4.69, 9.17) is 0 Å². The Morgan fingerprint density at radius 3 is 2.72 bits per heavy atom. The number of aryl methyl sites for hydroxylation is 1. The Bertz CT molecular complexity index is 779. The summed E-state index contributed by atoms with van der Waals surface area (Å²) in [6.45, 7) is 2.84. The molecule has 3 heterocycles. The van der Waals surface area contributed by atoms with Crippen molar-refractivity contribution >= 4 is 11.6 Å². The Labute approximate surface area is 145 Å². The first-order valence-corrected chi connectivity index (χ1v) is 8.62. The number of carbonyl (C=O) groups is 1. The predicted molar refractivity (Wildman–Crippen MR) is 90.3 cm³/mol. The maximum absolute atomic E-state index is 15.0. The van der Waals surface area contributed by atoms with Gasteiger partial charge in [0, 0.05) is 38.2 Å². The molecule has 0 spiro atoms. The van der Waals surface area contributed by atoms with Gasteiger partial charge in [-0.25, -0.2) is 19.0 Å². The molecule has 1 N–H and O–H groups in total.